The number of ketones is 1. The largest absolute Gasteiger partial charge is 0.297 e. The number of thiazole rings is 1. The Labute approximate surface area is 112 Å². The van der Waals surface area contributed by atoms with Crippen LogP contribution in [0.15, 0.2) is 11.7 Å². The van der Waals surface area contributed by atoms with E-state index in [9.17, 15) is 4.79 Å². The minimum absolute atomic E-state index is 0.125. The monoisotopic (exact) mass is 264 g/mol. The molecule has 1 aliphatic carbocycles. The summed E-state index contributed by atoms with van der Waals surface area (Å²) in [7, 11) is 0. The highest BCUT2D eigenvalue weighted by Gasteiger charge is 2.46. The highest BCUT2D eigenvalue weighted by atomic mass is 32.1. The number of carbonyl (C=O) groups excluding carboxylic acids is 1. The summed E-state index contributed by atoms with van der Waals surface area (Å²) >= 11 is 1.60. The molecule has 2 fully saturated rings. The van der Waals surface area contributed by atoms with Gasteiger partial charge in [0.25, 0.3) is 0 Å². The van der Waals surface area contributed by atoms with Crippen LogP contribution in [0, 0.1) is 0 Å². The van der Waals surface area contributed by atoms with Crippen molar-refractivity contribution in [2.75, 3.05) is 13.1 Å². The van der Waals surface area contributed by atoms with Gasteiger partial charge in [-0.1, -0.05) is 12.8 Å². The molecule has 1 aliphatic heterocycles. The topological polar surface area (TPSA) is 33.2 Å². The Kier molecular flexibility index (Phi) is 3.48. The van der Waals surface area contributed by atoms with Crippen molar-refractivity contribution in [3.63, 3.8) is 0 Å². The average Bonchev–Trinajstić information content (AvgIpc) is 3.12. The summed E-state index contributed by atoms with van der Waals surface area (Å²) in [5.74, 6) is 0.436. The molecule has 1 aromatic heterocycles. The maximum Gasteiger partial charge on any atom is 0.158 e. The van der Waals surface area contributed by atoms with Crippen LogP contribution >= 0.6 is 11.3 Å². The Balaban J connectivity index is 1.78. The molecule has 1 saturated carbocycles. The average molecular weight is 264 g/mol. The predicted octanol–water partition coefficient (Wildman–Crippen LogP) is 2.66. The molecule has 0 aromatic carbocycles. The van der Waals surface area contributed by atoms with Crippen LogP contribution in [0.4, 0.5) is 0 Å². The van der Waals surface area contributed by atoms with Crippen LogP contribution in [0.25, 0.3) is 0 Å². The molecule has 1 aromatic rings. The van der Waals surface area contributed by atoms with Gasteiger partial charge in [0.2, 0.25) is 0 Å². The lowest BCUT2D eigenvalue weighted by molar-refractivity contribution is -0.129. The van der Waals surface area contributed by atoms with Crippen LogP contribution in [-0.4, -0.2) is 34.3 Å². The summed E-state index contributed by atoms with van der Waals surface area (Å²) < 4.78 is 0. The molecule has 18 heavy (non-hydrogen) atoms. The molecule has 98 valence electrons. The number of carbonyl (C=O) groups is 1. The lowest BCUT2D eigenvalue weighted by Crippen LogP contribution is -2.52. The highest BCUT2D eigenvalue weighted by Crippen LogP contribution is 2.39. The molecule has 4 heteroatoms. The van der Waals surface area contributed by atoms with Gasteiger partial charge < -0.3 is 0 Å². The van der Waals surface area contributed by atoms with Gasteiger partial charge in [-0.15, -0.1) is 11.3 Å². The Morgan fingerprint density at radius 3 is 2.61 bits per heavy atom. The molecule has 3 nitrogen and oxygen atoms in total. The van der Waals surface area contributed by atoms with Gasteiger partial charge >= 0.3 is 0 Å². The fraction of sp³-hybridized carbons (Fsp3) is 0.714. The van der Waals surface area contributed by atoms with Crippen molar-refractivity contribution in [3.8, 4) is 0 Å². The van der Waals surface area contributed by atoms with Gasteiger partial charge in [0.1, 0.15) is 0 Å². The van der Waals surface area contributed by atoms with Crippen molar-refractivity contribution in [2.24, 2.45) is 0 Å². The second-order valence-electron chi connectivity index (χ2n) is 5.50. The summed E-state index contributed by atoms with van der Waals surface area (Å²) in [5.41, 5.74) is 1.69. The first-order valence-electron chi connectivity index (χ1n) is 6.97. The van der Waals surface area contributed by atoms with Gasteiger partial charge in [-0.3, -0.25) is 14.7 Å². The molecule has 0 amide bonds. The number of hydrogen-bond acceptors (Lipinski definition) is 4. The Bertz CT molecular complexity index is 403. The van der Waals surface area contributed by atoms with Crippen LogP contribution in [0.3, 0.4) is 0 Å². The van der Waals surface area contributed by atoms with E-state index in [1.807, 2.05) is 11.7 Å². The molecule has 0 unspecified atom stereocenters. The maximum atomic E-state index is 12.8. The van der Waals surface area contributed by atoms with Crippen LogP contribution in [0.2, 0.25) is 0 Å². The van der Waals surface area contributed by atoms with Crippen molar-refractivity contribution in [1.29, 1.82) is 0 Å². The summed E-state index contributed by atoms with van der Waals surface area (Å²) in [4.78, 5) is 20.4. The number of Topliss-reactive ketones (excluding diaryl/α,β-unsaturated/α-hetero) is 1. The summed E-state index contributed by atoms with van der Waals surface area (Å²) in [6, 6.07) is 0. The summed E-state index contributed by atoms with van der Waals surface area (Å²) in [6.45, 7) is 2.24. The van der Waals surface area contributed by atoms with Crippen molar-refractivity contribution in [1.82, 2.24) is 9.88 Å². The van der Waals surface area contributed by atoms with Gasteiger partial charge in [0.05, 0.1) is 11.0 Å². The molecule has 0 radical (unpaired) electrons. The number of rotatable bonds is 4. The van der Waals surface area contributed by atoms with E-state index >= 15 is 0 Å². The quantitative estimate of drug-likeness (QED) is 0.838. The fourth-order valence-electron chi connectivity index (χ4n) is 3.53. The molecule has 0 spiro atoms. The second-order valence-corrected chi connectivity index (χ2v) is 6.47. The van der Waals surface area contributed by atoms with Crippen LogP contribution < -0.4 is 0 Å². The molecule has 2 aliphatic rings. The fourth-order valence-corrected chi connectivity index (χ4v) is 4.12. The van der Waals surface area contributed by atoms with Crippen LogP contribution in [0.5, 0.6) is 0 Å². The zero-order valence-electron chi connectivity index (χ0n) is 10.7. The van der Waals surface area contributed by atoms with Gasteiger partial charge in [0, 0.05) is 17.5 Å². The van der Waals surface area contributed by atoms with E-state index in [0.717, 1.165) is 30.8 Å². The number of nitrogens with zero attached hydrogens (tertiary/aromatic N) is 2. The van der Waals surface area contributed by atoms with E-state index < -0.39 is 0 Å². The first kappa shape index (κ1) is 12.3. The van der Waals surface area contributed by atoms with Gasteiger partial charge in [0.15, 0.2) is 5.78 Å². The third kappa shape index (κ3) is 2.12. The molecule has 0 atom stereocenters. The van der Waals surface area contributed by atoms with Gasteiger partial charge in [-0.2, -0.15) is 0 Å². The molecule has 2 heterocycles. The summed E-state index contributed by atoms with van der Waals surface area (Å²) in [6.07, 6.45) is 9.52. The molecule has 0 N–H and O–H groups in total. The Morgan fingerprint density at radius 2 is 2.00 bits per heavy atom. The van der Waals surface area contributed by atoms with E-state index in [2.05, 4.69) is 9.88 Å². The number of hydrogen-bond donors (Lipinski definition) is 0. The smallest absolute Gasteiger partial charge is 0.158 e. The minimum atomic E-state index is -0.125. The second kappa shape index (κ2) is 5.10. The maximum absolute atomic E-state index is 12.8. The van der Waals surface area contributed by atoms with E-state index in [-0.39, 0.29) is 5.54 Å². The first-order chi connectivity index (χ1) is 8.81. The molecule has 1 saturated heterocycles. The SMILES string of the molecule is O=C(Cc1cncs1)C1(N2CCCC2)CCCC1. The third-order valence-corrected chi connectivity index (χ3v) is 5.26. The molecular weight excluding hydrogens is 244 g/mol. The number of likely N-dealkylation sites (tertiary alicyclic amines) is 1. The first-order valence-corrected chi connectivity index (χ1v) is 7.85. The van der Waals surface area contributed by atoms with Crippen molar-refractivity contribution in [2.45, 2.75) is 50.5 Å². The van der Waals surface area contributed by atoms with E-state index in [1.165, 1.54) is 25.7 Å². The summed E-state index contributed by atoms with van der Waals surface area (Å²) in [5, 5.41) is 0. The Hall–Kier alpha value is -0.740. The van der Waals surface area contributed by atoms with Gasteiger partial charge in [-0.25, -0.2) is 0 Å². The predicted molar refractivity (Wildman–Crippen MR) is 72.8 cm³/mol. The van der Waals surface area contributed by atoms with Crippen LogP contribution in [0.1, 0.15) is 43.4 Å². The normalized spacial score (nSPS) is 23.6. The molecular formula is C14H20N2OS. The van der Waals surface area contributed by atoms with Crippen molar-refractivity contribution >= 4 is 17.1 Å². The lowest BCUT2D eigenvalue weighted by Gasteiger charge is -2.37. The zero-order chi connectivity index (χ0) is 12.4. The van der Waals surface area contributed by atoms with E-state index in [1.54, 1.807) is 11.3 Å². The van der Waals surface area contributed by atoms with E-state index in [0.29, 0.717) is 12.2 Å². The van der Waals surface area contributed by atoms with Gasteiger partial charge in [-0.05, 0) is 38.8 Å². The standard InChI is InChI=1S/C14H20N2OS/c17-13(9-12-10-15-11-18-12)14(5-1-2-6-14)16-7-3-4-8-16/h10-11H,1-9H2. The van der Waals surface area contributed by atoms with Crippen molar-refractivity contribution < 1.29 is 4.79 Å². The Morgan fingerprint density at radius 1 is 1.28 bits per heavy atom. The highest BCUT2D eigenvalue weighted by molar-refractivity contribution is 7.09. The minimum Gasteiger partial charge on any atom is -0.297 e. The van der Waals surface area contributed by atoms with Crippen molar-refractivity contribution in [3.05, 3.63) is 16.6 Å². The third-order valence-electron chi connectivity index (χ3n) is 4.48. The number of aromatic nitrogens is 1. The zero-order valence-corrected chi connectivity index (χ0v) is 11.5. The molecule has 3 rings (SSSR count). The van der Waals surface area contributed by atoms with Crippen LogP contribution in [-0.2, 0) is 11.2 Å². The van der Waals surface area contributed by atoms with E-state index in [4.69, 9.17) is 0 Å². The molecule has 0 bridgehead atoms. The lowest BCUT2D eigenvalue weighted by atomic mass is 9.88.